The second-order valence-corrected chi connectivity index (χ2v) is 2.43. The van der Waals surface area contributed by atoms with Crippen LogP contribution in [0.2, 0.25) is 0 Å². The van der Waals surface area contributed by atoms with Gasteiger partial charge in [0.2, 0.25) is 0 Å². The number of hydrogen-bond acceptors (Lipinski definition) is 7. The molecule has 17 heavy (non-hydrogen) atoms. The summed E-state index contributed by atoms with van der Waals surface area (Å²) >= 11 is 3.42. The van der Waals surface area contributed by atoms with Gasteiger partial charge in [-0.1, -0.05) is 0 Å². The molecule has 0 spiro atoms. The molecule has 10 heteroatoms. The molecule has 8 N–H and O–H groups in total. The largest absolute Gasteiger partial charge is 0.481 e. The van der Waals surface area contributed by atoms with Crippen LogP contribution in [0.4, 0.5) is 0 Å². The van der Waals surface area contributed by atoms with E-state index in [0.717, 1.165) is 0 Å². The molecule has 0 aromatic carbocycles. The number of aliphatic hydroxyl groups excluding tert-OH is 2. The molecule has 0 aliphatic heterocycles. The van der Waals surface area contributed by atoms with E-state index in [1.54, 1.807) is 0 Å². The lowest BCUT2D eigenvalue weighted by Gasteiger charge is -1.89. The number of carbonyl (C=O) groups is 3. The molecule has 0 rings (SSSR count). The van der Waals surface area contributed by atoms with Crippen molar-refractivity contribution in [1.82, 2.24) is 6.15 Å². The van der Waals surface area contributed by atoms with E-state index in [4.69, 9.17) is 30.3 Å². The maximum Gasteiger partial charge on any atom is 0.332 e. The minimum absolute atomic E-state index is 0. The van der Waals surface area contributed by atoms with Crippen molar-refractivity contribution >= 4 is 30.5 Å². The minimum Gasteiger partial charge on any atom is -0.481 e. The van der Waals surface area contributed by atoms with Crippen LogP contribution in [-0.4, -0.2) is 61.9 Å². The summed E-state index contributed by atoms with van der Waals surface area (Å²) in [6.07, 6.45) is -1.23. The number of aliphatic carboxylic acids is 3. The van der Waals surface area contributed by atoms with E-state index < -0.39 is 30.6 Å². The predicted octanol–water partition coefficient (Wildman–Crippen LogP) is -1.32. The topological polar surface area (TPSA) is 187 Å². The molecule has 0 radical (unpaired) electrons. The first-order valence-corrected chi connectivity index (χ1v) is 4.38. The van der Waals surface area contributed by atoms with Gasteiger partial charge in [-0.15, -0.1) is 0 Å². The summed E-state index contributed by atoms with van der Waals surface area (Å²) in [5.41, 5.74) is 0. The lowest BCUT2D eigenvalue weighted by molar-refractivity contribution is -0.145. The molecule has 0 bridgehead atoms. The molecule has 0 aromatic rings. The van der Waals surface area contributed by atoms with E-state index in [1.165, 1.54) is 6.92 Å². The summed E-state index contributed by atoms with van der Waals surface area (Å²) in [6.45, 7) is 0.419. The summed E-state index contributed by atoms with van der Waals surface area (Å²) in [5.74, 6) is -3.34. The lowest BCUT2D eigenvalue weighted by atomic mass is 10.4. The number of hydrogen-bond donors (Lipinski definition) is 7. The summed E-state index contributed by atoms with van der Waals surface area (Å²) in [5, 5.41) is 38.4. The van der Waals surface area contributed by atoms with Gasteiger partial charge < -0.3 is 31.7 Å². The maximum atomic E-state index is 9.45. The zero-order valence-electron chi connectivity index (χ0n) is 9.11. The van der Waals surface area contributed by atoms with E-state index in [9.17, 15) is 9.59 Å². The number of rotatable bonds is 3. The van der Waals surface area contributed by atoms with Crippen molar-refractivity contribution in [2.24, 2.45) is 0 Å². The molecule has 0 aliphatic carbocycles. The van der Waals surface area contributed by atoms with Gasteiger partial charge in [-0.05, 0) is 6.92 Å². The summed E-state index contributed by atoms with van der Waals surface area (Å²) < 4.78 is 0. The number of carboxylic acids is 3. The van der Waals surface area contributed by atoms with Gasteiger partial charge in [-0.2, -0.15) is 12.6 Å². The molecule has 0 aromatic heterocycles. The van der Waals surface area contributed by atoms with Crippen LogP contribution in [0.3, 0.4) is 0 Å². The van der Waals surface area contributed by atoms with Crippen LogP contribution in [0.15, 0.2) is 0 Å². The van der Waals surface area contributed by atoms with E-state index in [2.05, 4.69) is 12.6 Å². The summed E-state index contributed by atoms with van der Waals surface area (Å²) in [7, 11) is 0. The third-order valence-electron chi connectivity index (χ3n) is 0.628. The van der Waals surface area contributed by atoms with Crippen LogP contribution in [0.1, 0.15) is 6.92 Å². The highest BCUT2D eigenvalue weighted by Gasteiger charge is 2.01. The normalized spacial score (nSPS) is 9.18. The number of carboxylic acid groups (broad SMARTS) is 3. The van der Waals surface area contributed by atoms with Gasteiger partial charge in [-0.25, -0.2) is 9.59 Å². The second-order valence-electron chi connectivity index (χ2n) is 2.12. The SMILES string of the molecule is CC(O)C(=O)O.N.O=C(O)CO.O=C(O)CS. The molecular formula is C7H17NO8S. The number of aliphatic hydroxyl groups is 2. The van der Waals surface area contributed by atoms with Crippen LogP contribution in [-0.2, 0) is 14.4 Å². The van der Waals surface area contributed by atoms with Crippen LogP contribution < -0.4 is 6.15 Å². The Balaban J connectivity index is -0.0000000729. The van der Waals surface area contributed by atoms with Crippen molar-refractivity contribution in [2.45, 2.75) is 13.0 Å². The van der Waals surface area contributed by atoms with E-state index >= 15 is 0 Å². The molecule has 0 amide bonds. The Hall–Kier alpha value is -1.36. The zero-order chi connectivity index (χ0) is 13.7. The fourth-order valence-corrected chi connectivity index (χ4v) is 0. The van der Waals surface area contributed by atoms with Crippen LogP contribution in [0.25, 0.3) is 0 Å². The molecular weight excluding hydrogens is 258 g/mol. The molecule has 9 nitrogen and oxygen atoms in total. The van der Waals surface area contributed by atoms with Gasteiger partial charge in [0.25, 0.3) is 0 Å². The zero-order valence-corrected chi connectivity index (χ0v) is 10.0. The molecule has 0 fully saturated rings. The quantitative estimate of drug-likeness (QED) is 0.306. The van der Waals surface area contributed by atoms with Crippen LogP contribution in [0, 0.1) is 0 Å². The van der Waals surface area contributed by atoms with Gasteiger partial charge in [0.1, 0.15) is 12.7 Å². The first kappa shape index (κ1) is 24.7. The van der Waals surface area contributed by atoms with E-state index in [0.29, 0.717) is 0 Å². The Morgan fingerprint density at radius 3 is 1.29 bits per heavy atom. The highest BCUT2D eigenvalue weighted by Crippen LogP contribution is 1.73. The first-order chi connectivity index (χ1) is 7.18. The lowest BCUT2D eigenvalue weighted by Crippen LogP contribution is -2.13. The third kappa shape index (κ3) is 53.1. The summed E-state index contributed by atoms with van der Waals surface area (Å²) in [4.78, 5) is 27.9. The van der Waals surface area contributed by atoms with Crippen LogP contribution in [0.5, 0.6) is 0 Å². The van der Waals surface area contributed by atoms with Crippen molar-refractivity contribution < 1.29 is 39.9 Å². The van der Waals surface area contributed by atoms with Gasteiger partial charge in [-0.3, -0.25) is 4.79 Å². The molecule has 1 atom stereocenters. The van der Waals surface area contributed by atoms with Gasteiger partial charge in [0.05, 0.1) is 5.75 Å². The monoisotopic (exact) mass is 275 g/mol. The smallest absolute Gasteiger partial charge is 0.332 e. The Kier molecular flexibility index (Phi) is 24.8. The fourth-order valence-electron chi connectivity index (χ4n) is 0. The standard InChI is InChI=1S/C3H6O3.C2H4O3.C2H4O2S.H3N/c1-2(4)3(5)6;3-1-2(4)5;3-2(4)1-5;/h2,4H,1H3,(H,5,6);3H,1H2,(H,4,5);5H,1H2,(H,3,4);1H3. The molecule has 0 saturated carbocycles. The Labute approximate surface area is 103 Å². The van der Waals surface area contributed by atoms with Gasteiger partial charge in [0, 0.05) is 0 Å². The average Bonchev–Trinajstić information content (AvgIpc) is 2.19. The van der Waals surface area contributed by atoms with Crippen LogP contribution >= 0.6 is 12.6 Å². The van der Waals surface area contributed by atoms with E-state index in [-0.39, 0.29) is 11.9 Å². The molecule has 1 unspecified atom stereocenters. The third-order valence-corrected chi connectivity index (χ3v) is 0.898. The molecule has 0 heterocycles. The van der Waals surface area contributed by atoms with Crippen molar-refractivity contribution in [2.75, 3.05) is 12.4 Å². The van der Waals surface area contributed by atoms with Gasteiger partial charge >= 0.3 is 17.9 Å². The minimum atomic E-state index is -1.23. The molecule has 104 valence electrons. The molecule has 0 saturated heterocycles. The average molecular weight is 275 g/mol. The predicted molar refractivity (Wildman–Crippen MR) is 60.5 cm³/mol. The summed E-state index contributed by atoms with van der Waals surface area (Å²) in [6, 6.07) is 0. The highest BCUT2D eigenvalue weighted by atomic mass is 32.1. The Bertz CT molecular complexity index is 206. The Morgan fingerprint density at radius 1 is 1.12 bits per heavy atom. The van der Waals surface area contributed by atoms with E-state index in [1.807, 2.05) is 0 Å². The second kappa shape index (κ2) is 17.0. The van der Waals surface area contributed by atoms with Gasteiger partial charge in [0.15, 0.2) is 0 Å². The van der Waals surface area contributed by atoms with Crippen molar-refractivity contribution in [3.63, 3.8) is 0 Å². The van der Waals surface area contributed by atoms with Crippen molar-refractivity contribution in [3.05, 3.63) is 0 Å². The first-order valence-electron chi connectivity index (χ1n) is 3.75. The van der Waals surface area contributed by atoms with Crippen molar-refractivity contribution in [1.29, 1.82) is 0 Å². The highest BCUT2D eigenvalue weighted by molar-refractivity contribution is 7.81. The maximum absolute atomic E-state index is 9.45. The van der Waals surface area contributed by atoms with Crippen molar-refractivity contribution in [3.8, 4) is 0 Å². The fraction of sp³-hybridized carbons (Fsp3) is 0.571. The molecule has 0 aliphatic rings. The number of thiol groups is 1. The Morgan fingerprint density at radius 2 is 1.29 bits per heavy atom.